The summed E-state index contributed by atoms with van der Waals surface area (Å²) in [7, 11) is 0. The van der Waals surface area contributed by atoms with Crippen LogP contribution in [0.25, 0.3) is 16.9 Å². The van der Waals surface area contributed by atoms with Crippen LogP contribution < -0.4 is 9.47 Å². The second-order valence-corrected chi connectivity index (χ2v) is 5.51. The second-order valence-electron chi connectivity index (χ2n) is 4.66. The molecule has 0 amide bonds. The lowest BCUT2D eigenvalue weighted by atomic mass is 10.1. The van der Waals surface area contributed by atoms with E-state index in [4.69, 9.17) is 9.47 Å². The molecule has 0 unspecified atom stereocenters. The van der Waals surface area contributed by atoms with E-state index < -0.39 is 0 Å². The molecule has 5 heteroatoms. The molecule has 4 rings (SSSR count). The fourth-order valence-corrected chi connectivity index (χ4v) is 2.89. The van der Waals surface area contributed by atoms with Crippen molar-refractivity contribution in [3.05, 3.63) is 59.2 Å². The van der Waals surface area contributed by atoms with Crippen molar-refractivity contribution in [3.8, 4) is 28.4 Å². The predicted octanol–water partition coefficient (Wildman–Crippen LogP) is 4.03. The molecule has 0 N–H and O–H groups in total. The topological polar surface area (TPSA) is 36.3 Å². The Balaban J connectivity index is 1.87. The van der Waals surface area contributed by atoms with E-state index in [1.54, 1.807) is 6.20 Å². The number of halogens is 1. The minimum Gasteiger partial charge on any atom is -0.454 e. The molecule has 0 aliphatic carbocycles. The fourth-order valence-electron chi connectivity index (χ4n) is 2.40. The standard InChI is InChI=1S/C16H11BrN2O2/c17-13-9-18-19(12-4-2-1-3-5-12)16(13)11-6-7-14-15(8-11)21-10-20-14/h1-9H,10H2. The minimum atomic E-state index is 0.276. The van der Waals surface area contributed by atoms with E-state index in [0.717, 1.165) is 32.9 Å². The van der Waals surface area contributed by atoms with Crippen LogP contribution in [-0.2, 0) is 0 Å². The third-order valence-electron chi connectivity index (χ3n) is 3.37. The van der Waals surface area contributed by atoms with Gasteiger partial charge in [-0.25, -0.2) is 4.68 Å². The predicted molar refractivity (Wildman–Crippen MR) is 82.8 cm³/mol. The lowest BCUT2D eigenvalue weighted by molar-refractivity contribution is 0.174. The molecule has 0 spiro atoms. The summed E-state index contributed by atoms with van der Waals surface area (Å²) in [5.41, 5.74) is 3.02. The zero-order valence-corrected chi connectivity index (χ0v) is 12.6. The summed E-state index contributed by atoms with van der Waals surface area (Å²) in [5, 5.41) is 4.45. The molecule has 0 atom stereocenters. The zero-order valence-electron chi connectivity index (χ0n) is 11.0. The number of aromatic nitrogens is 2. The molecule has 4 nitrogen and oxygen atoms in total. The number of para-hydroxylation sites is 1. The van der Waals surface area contributed by atoms with Crippen LogP contribution in [-0.4, -0.2) is 16.6 Å². The molecule has 3 aromatic rings. The van der Waals surface area contributed by atoms with Gasteiger partial charge in [0.25, 0.3) is 0 Å². The molecule has 1 aromatic heterocycles. The third kappa shape index (κ3) is 2.10. The van der Waals surface area contributed by atoms with Crippen molar-refractivity contribution in [2.45, 2.75) is 0 Å². The van der Waals surface area contributed by atoms with Gasteiger partial charge in [-0.05, 0) is 46.3 Å². The lowest BCUT2D eigenvalue weighted by Gasteiger charge is -2.09. The number of hydrogen-bond acceptors (Lipinski definition) is 3. The van der Waals surface area contributed by atoms with Crippen molar-refractivity contribution in [2.75, 3.05) is 6.79 Å². The molecule has 2 heterocycles. The van der Waals surface area contributed by atoms with Crippen molar-refractivity contribution < 1.29 is 9.47 Å². The van der Waals surface area contributed by atoms with Gasteiger partial charge in [-0.1, -0.05) is 18.2 Å². The second kappa shape index (κ2) is 4.93. The minimum absolute atomic E-state index is 0.276. The Bertz CT molecular complexity index is 799. The Hall–Kier alpha value is -2.27. The molecule has 0 bridgehead atoms. The molecule has 0 radical (unpaired) electrons. The summed E-state index contributed by atoms with van der Waals surface area (Å²) in [5.74, 6) is 1.54. The number of nitrogens with zero attached hydrogens (tertiary/aromatic N) is 2. The van der Waals surface area contributed by atoms with Crippen LogP contribution in [0.2, 0.25) is 0 Å². The van der Waals surface area contributed by atoms with Gasteiger partial charge in [0.2, 0.25) is 6.79 Å². The van der Waals surface area contributed by atoms with Crippen molar-refractivity contribution in [3.63, 3.8) is 0 Å². The van der Waals surface area contributed by atoms with Crippen LogP contribution in [0.15, 0.2) is 59.2 Å². The summed E-state index contributed by atoms with van der Waals surface area (Å²) in [6.07, 6.45) is 1.80. The van der Waals surface area contributed by atoms with Gasteiger partial charge in [-0.15, -0.1) is 0 Å². The van der Waals surface area contributed by atoms with Gasteiger partial charge < -0.3 is 9.47 Å². The van der Waals surface area contributed by atoms with Crippen molar-refractivity contribution in [1.82, 2.24) is 9.78 Å². The van der Waals surface area contributed by atoms with E-state index in [1.165, 1.54) is 0 Å². The molecule has 1 aliphatic rings. The molecule has 1 aliphatic heterocycles. The average Bonchev–Trinajstić information content (AvgIpc) is 3.13. The average molecular weight is 343 g/mol. The monoisotopic (exact) mass is 342 g/mol. The van der Waals surface area contributed by atoms with Gasteiger partial charge in [0.1, 0.15) is 0 Å². The van der Waals surface area contributed by atoms with Crippen LogP contribution in [0.4, 0.5) is 0 Å². The van der Waals surface area contributed by atoms with Crippen LogP contribution in [0.3, 0.4) is 0 Å². The molecule has 0 fully saturated rings. The summed E-state index contributed by atoms with van der Waals surface area (Å²) in [6, 6.07) is 15.9. The Kier molecular flexibility index (Phi) is 2.93. The van der Waals surface area contributed by atoms with Gasteiger partial charge in [-0.3, -0.25) is 0 Å². The van der Waals surface area contributed by atoms with E-state index in [2.05, 4.69) is 21.0 Å². The van der Waals surface area contributed by atoms with E-state index >= 15 is 0 Å². The Morgan fingerprint density at radius 1 is 1.00 bits per heavy atom. The Morgan fingerprint density at radius 2 is 1.81 bits per heavy atom. The molecular formula is C16H11BrN2O2. The van der Waals surface area contributed by atoms with Gasteiger partial charge in [0.15, 0.2) is 11.5 Å². The summed E-state index contributed by atoms with van der Waals surface area (Å²) in [4.78, 5) is 0. The van der Waals surface area contributed by atoms with Crippen LogP contribution in [0.1, 0.15) is 0 Å². The summed E-state index contributed by atoms with van der Waals surface area (Å²) < 4.78 is 13.7. The first-order valence-electron chi connectivity index (χ1n) is 6.52. The third-order valence-corrected chi connectivity index (χ3v) is 3.95. The Labute approximate surface area is 130 Å². The molecule has 104 valence electrons. The van der Waals surface area contributed by atoms with Gasteiger partial charge in [0.05, 0.1) is 22.1 Å². The Morgan fingerprint density at radius 3 is 2.67 bits per heavy atom. The normalized spacial score (nSPS) is 12.6. The number of rotatable bonds is 2. The maximum absolute atomic E-state index is 5.46. The van der Waals surface area contributed by atoms with E-state index in [-0.39, 0.29) is 6.79 Å². The van der Waals surface area contributed by atoms with Crippen LogP contribution >= 0.6 is 15.9 Å². The van der Waals surface area contributed by atoms with Crippen LogP contribution in [0.5, 0.6) is 11.5 Å². The van der Waals surface area contributed by atoms with Crippen LogP contribution in [0, 0.1) is 0 Å². The number of hydrogen-bond donors (Lipinski definition) is 0. The molecule has 21 heavy (non-hydrogen) atoms. The quantitative estimate of drug-likeness (QED) is 0.705. The SMILES string of the molecule is Brc1cnn(-c2ccccc2)c1-c1ccc2c(c1)OCO2. The smallest absolute Gasteiger partial charge is 0.231 e. The number of ether oxygens (including phenoxy) is 2. The first-order valence-corrected chi connectivity index (χ1v) is 7.31. The summed E-state index contributed by atoms with van der Waals surface area (Å²) in [6.45, 7) is 0.276. The fraction of sp³-hybridized carbons (Fsp3) is 0.0625. The highest BCUT2D eigenvalue weighted by molar-refractivity contribution is 9.10. The van der Waals surface area contributed by atoms with Crippen molar-refractivity contribution in [1.29, 1.82) is 0 Å². The van der Waals surface area contributed by atoms with Crippen molar-refractivity contribution in [2.24, 2.45) is 0 Å². The highest BCUT2D eigenvalue weighted by atomic mass is 79.9. The number of benzene rings is 2. The first-order chi connectivity index (χ1) is 10.3. The molecule has 0 saturated heterocycles. The van der Waals surface area contributed by atoms with E-state index in [0.29, 0.717) is 0 Å². The number of fused-ring (bicyclic) bond motifs is 1. The lowest BCUT2D eigenvalue weighted by Crippen LogP contribution is -1.98. The van der Waals surface area contributed by atoms with Gasteiger partial charge in [0, 0.05) is 5.56 Å². The molecule has 0 saturated carbocycles. The van der Waals surface area contributed by atoms with Crippen molar-refractivity contribution >= 4 is 15.9 Å². The largest absolute Gasteiger partial charge is 0.454 e. The maximum atomic E-state index is 5.46. The van der Waals surface area contributed by atoms with E-state index in [9.17, 15) is 0 Å². The molecular weight excluding hydrogens is 332 g/mol. The zero-order chi connectivity index (χ0) is 14.2. The first kappa shape index (κ1) is 12.5. The van der Waals surface area contributed by atoms with E-state index in [1.807, 2.05) is 53.2 Å². The molecule has 2 aromatic carbocycles. The van der Waals surface area contributed by atoms with Gasteiger partial charge >= 0.3 is 0 Å². The highest BCUT2D eigenvalue weighted by Crippen LogP contribution is 2.38. The summed E-state index contributed by atoms with van der Waals surface area (Å²) >= 11 is 3.58. The highest BCUT2D eigenvalue weighted by Gasteiger charge is 2.18. The maximum Gasteiger partial charge on any atom is 0.231 e. The van der Waals surface area contributed by atoms with Gasteiger partial charge in [-0.2, -0.15) is 5.10 Å².